The van der Waals surface area contributed by atoms with Gasteiger partial charge in [-0.1, -0.05) is 0 Å². The van der Waals surface area contributed by atoms with E-state index in [1.54, 1.807) is 0 Å². The Hall–Kier alpha value is -0.610. The molecular weight excluding hydrogens is 216 g/mol. The Kier molecular flexibility index (Phi) is 2.67. The van der Waals surface area contributed by atoms with Crippen molar-refractivity contribution in [1.29, 1.82) is 0 Å². The molecule has 4 saturated carbocycles. The average Bonchev–Trinajstić information content (AvgIpc) is 2.23. The highest BCUT2D eigenvalue weighted by atomic mass is 16.5. The zero-order valence-corrected chi connectivity index (χ0v) is 10.2. The van der Waals surface area contributed by atoms with Gasteiger partial charge in [0.2, 0.25) is 0 Å². The first-order chi connectivity index (χ1) is 8.07. The molecule has 96 valence electrons. The van der Waals surface area contributed by atoms with Crippen LogP contribution in [0.2, 0.25) is 0 Å². The van der Waals surface area contributed by atoms with Crippen LogP contribution in [0.4, 0.5) is 0 Å². The number of esters is 1. The second kappa shape index (κ2) is 3.95. The van der Waals surface area contributed by atoms with Crippen LogP contribution in [0, 0.1) is 23.2 Å². The van der Waals surface area contributed by atoms with Gasteiger partial charge in [-0.05, 0) is 56.3 Å². The molecule has 0 aliphatic heterocycles. The molecule has 0 atom stereocenters. The largest absolute Gasteiger partial charge is 0.462 e. The highest BCUT2D eigenvalue weighted by Gasteiger charge is 2.55. The lowest BCUT2D eigenvalue weighted by Crippen LogP contribution is -2.51. The van der Waals surface area contributed by atoms with Gasteiger partial charge in [-0.25, -0.2) is 0 Å². The second-order valence-corrected chi connectivity index (χ2v) is 6.46. The van der Waals surface area contributed by atoms with Crippen molar-refractivity contribution in [2.24, 2.45) is 34.6 Å². The normalized spacial score (nSPS) is 43.1. The van der Waals surface area contributed by atoms with Crippen molar-refractivity contribution in [2.45, 2.75) is 44.7 Å². The fourth-order valence-corrected chi connectivity index (χ4v) is 4.69. The standard InChI is InChI=1S/C13H22N2O2/c14-11(15)7-17-12(16)13-4-8-1-9(5-13)3-10(2-8)6-13/h8-11H,1-7,14-15H2. The molecule has 4 bridgehead atoms. The van der Waals surface area contributed by atoms with Gasteiger partial charge >= 0.3 is 5.97 Å². The Balaban J connectivity index is 1.71. The van der Waals surface area contributed by atoms with Crippen LogP contribution in [0.5, 0.6) is 0 Å². The topological polar surface area (TPSA) is 78.3 Å². The number of rotatable bonds is 3. The summed E-state index contributed by atoms with van der Waals surface area (Å²) >= 11 is 0. The van der Waals surface area contributed by atoms with Crippen molar-refractivity contribution in [3.63, 3.8) is 0 Å². The van der Waals surface area contributed by atoms with Gasteiger partial charge < -0.3 is 16.2 Å². The van der Waals surface area contributed by atoms with E-state index in [9.17, 15) is 4.79 Å². The number of carbonyl (C=O) groups excluding carboxylic acids is 1. The maximum atomic E-state index is 12.3. The average molecular weight is 238 g/mol. The summed E-state index contributed by atoms with van der Waals surface area (Å²) in [4.78, 5) is 12.3. The van der Waals surface area contributed by atoms with Gasteiger partial charge in [0, 0.05) is 0 Å². The fraction of sp³-hybridized carbons (Fsp3) is 0.923. The van der Waals surface area contributed by atoms with E-state index in [1.165, 1.54) is 19.3 Å². The molecule has 4 aliphatic carbocycles. The van der Waals surface area contributed by atoms with Crippen LogP contribution >= 0.6 is 0 Å². The molecule has 0 spiro atoms. The summed E-state index contributed by atoms with van der Waals surface area (Å²) in [6, 6.07) is 0. The van der Waals surface area contributed by atoms with Gasteiger partial charge in [0.25, 0.3) is 0 Å². The molecule has 17 heavy (non-hydrogen) atoms. The third kappa shape index (κ3) is 1.97. The molecule has 4 aliphatic rings. The maximum absolute atomic E-state index is 12.3. The van der Waals surface area contributed by atoms with Gasteiger partial charge in [0.15, 0.2) is 0 Å². The van der Waals surface area contributed by atoms with Gasteiger partial charge in [-0.3, -0.25) is 4.79 Å². The Morgan fingerprint density at radius 3 is 2.00 bits per heavy atom. The predicted molar refractivity (Wildman–Crippen MR) is 63.7 cm³/mol. The molecule has 4 rings (SSSR count). The summed E-state index contributed by atoms with van der Waals surface area (Å²) in [7, 11) is 0. The van der Waals surface area contributed by atoms with Crippen molar-refractivity contribution < 1.29 is 9.53 Å². The van der Waals surface area contributed by atoms with Crippen LogP contribution in [0.25, 0.3) is 0 Å². The minimum absolute atomic E-state index is 0.0301. The summed E-state index contributed by atoms with van der Waals surface area (Å²) in [5.74, 6) is 2.26. The number of hydrogen-bond donors (Lipinski definition) is 2. The summed E-state index contributed by atoms with van der Waals surface area (Å²) < 4.78 is 5.30. The van der Waals surface area contributed by atoms with E-state index in [1.807, 2.05) is 0 Å². The minimum Gasteiger partial charge on any atom is -0.462 e. The predicted octanol–water partition coefficient (Wildman–Crippen LogP) is 0.989. The van der Waals surface area contributed by atoms with Crippen molar-refractivity contribution in [1.82, 2.24) is 0 Å². The second-order valence-electron chi connectivity index (χ2n) is 6.46. The highest BCUT2D eigenvalue weighted by molar-refractivity contribution is 5.77. The van der Waals surface area contributed by atoms with Crippen molar-refractivity contribution in [2.75, 3.05) is 6.61 Å². The van der Waals surface area contributed by atoms with Gasteiger partial charge in [0.05, 0.1) is 11.6 Å². The summed E-state index contributed by atoms with van der Waals surface area (Å²) in [5.41, 5.74) is 10.7. The van der Waals surface area contributed by atoms with Crippen molar-refractivity contribution >= 4 is 5.97 Å². The molecule has 0 aromatic heterocycles. The molecule has 0 unspecified atom stereocenters. The number of nitrogens with two attached hydrogens (primary N) is 2. The van der Waals surface area contributed by atoms with E-state index in [-0.39, 0.29) is 18.0 Å². The van der Waals surface area contributed by atoms with E-state index in [2.05, 4.69) is 0 Å². The molecule has 4 nitrogen and oxygen atoms in total. The van der Waals surface area contributed by atoms with E-state index >= 15 is 0 Å². The zero-order valence-electron chi connectivity index (χ0n) is 10.2. The Morgan fingerprint density at radius 1 is 1.12 bits per heavy atom. The Bertz CT molecular complexity index is 292. The molecule has 4 fully saturated rings. The first kappa shape index (κ1) is 11.5. The lowest BCUT2D eigenvalue weighted by Gasteiger charge is -2.55. The monoisotopic (exact) mass is 238 g/mol. The van der Waals surface area contributed by atoms with Crippen molar-refractivity contribution in [3.05, 3.63) is 0 Å². The van der Waals surface area contributed by atoms with Crippen LogP contribution in [-0.4, -0.2) is 18.7 Å². The molecule has 0 radical (unpaired) electrons. The maximum Gasteiger partial charge on any atom is 0.312 e. The van der Waals surface area contributed by atoms with Crippen LogP contribution in [0.3, 0.4) is 0 Å². The first-order valence-corrected chi connectivity index (χ1v) is 6.76. The molecule has 0 heterocycles. The smallest absolute Gasteiger partial charge is 0.312 e. The molecule has 4 N–H and O–H groups in total. The molecule has 0 saturated heterocycles. The van der Waals surface area contributed by atoms with Crippen LogP contribution < -0.4 is 11.5 Å². The zero-order chi connectivity index (χ0) is 12.0. The molecule has 0 aromatic carbocycles. The van der Waals surface area contributed by atoms with Crippen LogP contribution in [0.15, 0.2) is 0 Å². The summed E-state index contributed by atoms with van der Waals surface area (Å²) in [5, 5.41) is 0. The molecule has 4 heteroatoms. The third-order valence-electron chi connectivity index (χ3n) is 4.88. The van der Waals surface area contributed by atoms with E-state index < -0.39 is 6.17 Å². The van der Waals surface area contributed by atoms with E-state index in [4.69, 9.17) is 16.2 Å². The number of carbonyl (C=O) groups is 1. The van der Waals surface area contributed by atoms with Gasteiger partial charge in [0.1, 0.15) is 6.61 Å². The third-order valence-corrected chi connectivity index (χ3v) is 4.88. The van der Waals surface area contributed by atoms with Gasteiger partial charge in [-0.2, -0.15) is 0 Å². The SMILES string of the molecule is NC(N)COC(=O)C12CC3CC(CC(C3)C1)C2. The molecular formula is C13H22N2O2. The minimum atomic E-state index is -0.548. The summed E-state index contributed by atoms with van der Waals surface area (Å²) in [6.07, 6.45) is 6.58. The summed E-state index contributed by atoms with van der Waals surface area (Å²) in [6.45, 7) is 0.153. The molecule has 0 aromatic rings. The van der Waals surface area contributed by atoms with Crippen LogP contribution in [-0.2, 0) is 9.53 Å². The lowest BCUT2D eigenvalue weighted by atomic mass is 9.49. The van der Waals surface area contributed by atoms with Gasteiger partial charge in [-0.15, -0.1) is 0 Å². The fourth-order valence-electron chi connectivity index (χ4n) is 4.69. The Morgan fingerprint density at radius 2 is 1.59 bits per heavy atom. The quantitative estimate of drug-likeness (QED) is 0.567. The molecule has 0 amide bonds. The highest BCUT2D eigenvalue weighted by Crippen LogP contribution is 2.60. The first-order valence-electron chi connectivity index (χ1n) is 6.76. The van der Waals surface area contributed by atoms with Crippen molar-refractivity contribution in [3.8, 4) is 0 Å². The Labute approximate surface area is 102 Å². The van der Waals surface area contributed by atoms with E-state index in [0.717, 1.165) is 37.0 Å². The number of hydrogen-bond acceptors (Lipinski definition) is 4. The number of ether oxygens (including phenoxy) is 1. The van der Waals surface area contributed by atoms with E-state index in [0.29, 0.717) is 0 Å². The lowest BCUT2D eigenvalue weighted by molar-refractivity contribution is -0.172. The van der Waals surface area contributed by atoms with Crippen LogP contribution in [0.1, 0.15) is 38.5 Å².